The first-order valence-corrected chi connectivity index (χ1v) is 6.27. The van der Waals surface area contributed by atoms with Crippen LogP contribution in [0.15, 0.2) is 18.2 Å². The lowest BCUT2D eigenvalue weighted by Gasteiger charge is -2.11. The van der Waals surface area contributed by atoms with Crippen LogP contribution in [0.5, 0.6) is 5.75 Å². The van der Waals surface area contributed by atoms with Gasteiger partial charge in [0, 0.05) is 6.42 Å². The van der Waals surface area contributed by atoms with Gasteiger partial charge >= 0.3 is 5.97 Å². The molecule has 0 atom stereocenters. The summed E-state index contributed by atoms with van der Waals surface area (Å²) in [5.74, 6) is -0.0181. The molecule has 0 aliphatic heterocycles. The standard InChI is InChI=1S/C14H19NO4/c1-4-6-13(16)15-11-9-10(14(17)19-5-2)7-8-12(11)18-3/h7-9H,4-6H2,1-3H3,(H,15,16). The summed E-state index contributed by atoms with van der Waals surface area (Å²) in [7, 11) is 1.51. The van der Waals surface area contributed by atoms with Gasteiger partial charge in [0.05, 0.1) is 25.0 Å². The van der Waals surface area contributed by atoms with E-state index >= 15 is 0 Å². The van der Waals surface area contributed by atoms with E-state index in [0.29, 0.717) is 30.0 Å². The fraction of sp³-hybridized carbons (Fsp3) is 0.429. The molecule has 0 bridgehead atoms. The Balaban J connectivity index is 2.95. The second kappa shape index (κ2) is 7.41. The summed E-state index contributed by atoms with van der Waals surface area (Å²) in [5, 5.41) is 2.73. The summed E-state index contributed by atoms with van der Waals surface area (Å²) in [5.41, 5.74) is 0.862. The minimum atomic E-state index is -0.420. The quantitative estimate of drug-likeness (QED) is 0.803. The third-order valence-corrected chi connectivity index (χ3v) is 2.46. The molecule has 0 radical (unpaired) electrons. The molecule has 0 aliphatic carbocycles. The van der Waals surface area contributed by atoms with Gasteiger partial charge in [-0.3, -0.25) is 4.79 Å². The van der Waals surface area contributed by atoms with Crippen LogP contribution in [-0.2, 0) is 9.53 Å². The zero-order valence-corrected chi connectivity index (χ0v) is 11.5. The van der Waals surface area contributed by atoms with Gasteiger partial charge in [0.2, 0.25) is 5.91 Å². The highest BCUT2D eigenvalue weighted by Crippen LogP contribution is 2.26. The number of amides is 1. The van der Waals surface area contributed by atoms with Gasteiger partial charge in [0.1, 0.15) is 5.75 Å². The van der Waals surface area contributed by atoms with Crippen molar-refractivity contribution < 1.29 is 19.1 Å². The molecule has 104 valence electrons. The van der Waals surface area contributed by atoms with E-state index in [-0.39, 0.29) is 5.91 Å². The lowest BCUT2D eigenvalue weighted by atomic mass is 10.1. The molecule has 1 amide bonds. The number of hydrogen-bond acceptors (Lipinski definition) is 4. The molecule has 0 spiro atoms. The lowest BCUT2D eigenvalue weighted by Crippen LogP contribution is -2.13. The van der Waals surface area contributed by atoms with E-state index in [0.717, 1.165) is 6.42 Å². The van der Waals surface area contributed by atoms with Gasteiger partial charge in [0.25, 0.3) is 0 Å². The lowest BCUT2D eigenvalue weighted by molar-refractivity contribution is -0.116. The van der Waals surface area contributed by atoms with Gasteiger partial charge < -0.3 is 14.8 Å². The van der Waals surface area contributed by atoms with Crippen molar-refractivity contribution in [2.75, 3.05) is 19.0 Å². The van der Waals surface area contributed by atoms with E-state index in [1.807, 2.05) is 6.92 Å². The molecular weight excluding hydrogens is 246 g/mol. The number of esters is 1. The number of ether oxygens (including phenoxy) is 2. The zero-order chi connectivity index (χ0) is 14.3. The van der Waals surface area contributed by atoms with Crippen molar-refractivity contribution in [2.24, 2.45) is 0 Å². The van der Waals surface area contributed by atoms with Gasteiger partial charge in [-0.2, -0.15) is 0 Å². The van der Waals surface area contributed by atoms with Crippen LogP contribution in [0.4, 0.5) is 5.69 Å². The third kappa shape index (κ3) is 4.28. The molecule has 1 aromatic carbocycles. The summed E-state index contributed by atoms with van der Waals surface area (Å²) < 4.78 is 10.1. The minimum Gasteiger partial charge on any atom is -0.495 e. The molecule has 0 aliphatic rings. The molecule has 0 saturated heterocycles. The van der Waals surface area contributed by atoms with Gasteiger partial charge in [-0.05, 0) is 31.5 Å². The van der Waals surface area contributed by atoms with Gasteiger partial charge in [-0.25, -0.2) is 4.79 Å². The Morgan fingerprint density at radius 3 is 2.58 bits per heavy atom. The first kappa shape index (κ1) is 15.0. The first-order chi connectivity index (χ1) is 9.12. The molecule has 1 N–H and O–H groups in total. The van der Waals surface area contributed by atoms with Crippen LogP contribution in [0.25, 0.3) is 0 Å². The number of anilines is 1. The van der Waals surface area contributed by atoms with Gasteiger partial charge in [0.15, 0.2) is 0 Å². The van der Waals surface area contributed by atoms with Crippen molar-refractivity contribution in [3.63, 3.8) is 0 Å². The predicted octanol–water partition coefficient (Wildman–Crippen LogP) is 2.61. The van der Waals surface area contributed by atoms with E-state index < -0.39 is 5.97 Å². The molecule has 0 fully saturated rings. The van der Waals surface area contributed by atoms with E-state index in [4.69, 9.17) is 9.47 Å². The number of rotatable bonds is 6. The van der Waals surface area contributed by atoms with Gasteiger partial charge in [-0.15, -0.1) is 0 Å². The van der Waals surface area contributed by atoms with Crippen LogP contribution >= 0.6 is 0 Å². The molecule has 5 heteroatoms. The SMILES string of the molecule is CCCC(=O)Nc1cc(C(=O)OCC)ccc1OC. The normalized spacial score (nSPS) is 9.84. The smallest absolute Gasteiger partial charge is 0.338 e. The monoisotopic (exact) mass is 265 g/mol. The number of hydrogen-bond donors (Lipinski definition) is 1. The maximum Gasteiger partial charge on any atom is 0.338 e. The summed E-state index contributed by atoms with van der Waals surface area (Å²) in [4.78, 5) is 23.2. The van der Waals surface area contributed by atoms with Crippen LogP contribution in [0.1, 0.15) is 37.0 Å². The summed E-state index contributed by atoms with van der Waals surface area (Å²) in [6.07, 6.45) is 1.18. The first-order valence-electron chi connectivity index (χ1n) is 6.27. The molecule has 0 saturated carbocycles. The zero-order valence-electron chi connectivity index (χ0n) is 11.5. The van der Waals surface area contributed by atoms with E-state index in [2.05, 4.69) is 5.32 Å². The number of nitrogens with one attached hydrogen (secondary N) is 1. The Hall–Kier alpha value is -2.04. The number of carbonyl (C=O) groups is 2. The molecule has 0 unspecified atom stereocenters. The van der Waals surface area contributed by atoms with E-state index in [9.17, 15) is 9.59 Å². The summed E-state index contributed by atoms with van der Waals surface area (Å²) in [6.45, 7) is 3.97. The van der Waals surface area contributed by atoms with Crippen LogP contribution < -0.4 is 10.1 Å². The fourth-order valence-electron chi connectivity index (χ4n) is 1.59. The molecule has 0 heterocycles. The Morgan fingerprint density at radius 1 is 1.26 bits per heavy atom. The maximum absolute atomic E-state index is 11.6. The minimum absolute atomic E-state index is 0.109. The van der Waals surface area contributed by atoms with Crippen LogP contribution in [-0.4, -0.2) is 25.6 Å². The van der Waals surface area contributed by atoms with Crippen molar-refractivity contribution >= 4 is 17.6 Å². The van der Waals surface area contributed by atoms with Crippen LogP contribution in [0, 0.1) is 0 Å². The molecule has 5 nitrogen and oxygen atoms in total. The second-order valence-electron chi connectivity index (χ2n) is 3.93. The highest BCUT2D eigenvalue weighted by atomic mass is 16.5. The molecule has 0 aromatic heterocycles. The molecule has 1 rings (SSSR count). The Morgan fingerprint density at radius 2 is 2.00 bits per heavy atom. The van der Waals surface area contributed by atoms with Gasteiger partial charge in [-0.1, -0.05) is 6.92 Å². The fourth-order valence-corrected chi connectivity index (χ4v) is 1.59. The number of benzene rings is 1. The summed E-state index contributed by atoms with van der Waals surface area (Å²) in [6, 6.07) is 4.80. The Labute approximate surface area is 112 Å². The maximum atomic E-state index is 11.6. The molecule has 19 heavy (non-hydrogen) atoms. The Bertz CT molecular complexity index is 457. The van der Waals surface area contributed by atoms with Crippen molar-refractivity contribution in [2.45, 2.75) is 26.7 Å². The largest absolute Gasteiger partial charge is 0.495 e. The van der Waals surface area contributed by atoms with Crippen molar-refractivity contribution in [1.29, 1.82) is 0 Å². The average Bonchev–Trinajstić information content (AvgIpc) is 2.39. The van der Waals surface area contributed by atoms with Crippen molar-refractivity contribution in [1.82, 2.24) is 0 Å². The topological polar surface area (TPSA) is 64.6 Å². The van der Waals surface area contributed by atoms with E-state index in [1.165, 1.54) is 7.11 Å². The van der Waals surface area contributed by atoms with Crippen LogP contribution in [0.3, 0.4) is 0 Å². The van der Waals surface area contributed by atoms with E-state index in [1.54, 1.807) is 25.1 Å². The van der Waals surface area contributed by atoms with Crippen molar-refractivity contribution in [3.8, 4) is 5.75 Å². The Kier molecular flexibility index (Phi) is 5.85. The number of carbonyl (C=O) groups excluding carboxylic acids is 2. The van der Waals surface area contributed by atoms with Crippen molar-refractivity contribution in [3.05, 3.63) is 23.8 Å². The molecular formula is C14H19NO4. The third-order valence-electron chi connectivity index (χ3n) is 2.46. The average molecular weight is 265 g/mol. The molecule has 1 aromatic rings. The summed E-state index contributed by atoms with van der Waals surface area (Å²) >= 11 is 0. The highest BCUT2D eigenvalue weighted by molar-refractivity contribution is 5.96. The van der Waals surface area contributed by atoms with Crippen LogP contribution in [0.2, 0.25) is 0 Å². The second-order valence-corrected chi connectivity index (χ2v) is 3.93. The number of methoxy groups -OCH3 is 1. The highest BCUT2D eigenvalue weighted by Gasteiger charge is 2.12. The predicted molar refractivity (Wildman–Crippen MR) is 72.5 cm³/mol.